The van der Waals surface area contributed by atoms with Gasteiger partial charge in [-0.25, -0.2) is 8.42 Å². The predicted molar refractivity (Wildman–Crippen MR) is 68.4 cm³/mol. The van der Waals surface area contributed by atoms with Crippen LogP contribution in [0.1, 0.15) is 53.4 Å². The molecule has 1 fully saturated rings. The zero-order valence-corrected chi connectivity index (χ0v) is 11.8. The van der Waals surface area contributed by atoms with Crippen molar-refractivity contribution in [2.24, 2.45) is 0 Å². The first kappa shape index (κ1) is 14.0. The average molecular weight is 247 g/mol. The van der Waals surface area contributed by atoms with Crippen molar-refractivity contribution >= 4 is 9.84 Å². The van der Waals surface area contributed by atoms with Crippen molar-refractivity contribution in [3.05, 3.63) is 0 Å². The van der Waals surface area contributed by atoms with Crippen molar-refractivity contribution in [2.45, 2.75) is 63.7 Å². The summed E-state index contributed by atoms with van der Waals surface area (Å²) in [4.78, 5) is 0. The molecule has 96 valence electrons. The largest absolute Gasteiger partial charge is 0.310 e. The van der Waals surface area contributed by atoms with Crippen LogP contribution in [0.5, 0.6) is 0 Å². The van der Waals surface area contributed by atoms with Gasteiger partial charge in [0.2, 0.25) is 0 Å². The normalized spacial score (nSPS) is 20.5. The maximum absolute atomic E-state index is 11.9. The molecule has 0 aromatic heterocycles. The van der Waals surface area contributed by atoms with Crippen molar-refractivity contribution in [2.75, 3.05) is 12.3 Å². The highest BCUT2D eigenvalue weighted by Crippen LogP contribution is 2.34. The van der Waals surface area contributed by atoms with Crippen LogP contribution in [0.2, 0.25) is 0 Å². The molecule has 0 bridgehead atoms. The molecule has 1 aliphatic rings. The fourth-order valence-electron chi connectivity index (χ4n) is 2.02. The minimum Gasteiger partial charge on any atom is -0.310 e. The van der Waals surface area contributed by atoms with E-state index < -0.39 is 14.6 Å². The third-order valence-electron chi connectivity index (χ3n) is 3.79. The van der Waals surface area contributed by atoms with Gasteiger partial charge in [-0.3, -0.25) is 0 Å². The molecule has 0 saturated heterocycles. The van der Waals surface area contributed by atoms with Crippen molar-refractivity contribution < 1.29 is 8.42 Å². The van der Waals surface area contributed by atoms with Crippen molar-refractivity contribution in [3.8, 4) is 0 Å². The molecule has 1 N–H and O–H groups in total. The number of sulfone groups is 1. The third-order valence-corrected chi connectivity index (χ3v) is 6.40. The van der Waals surface area contributed by atoms with Crippen molar-refractivity contribution in [1.82, 2.24) is 5.32 Å². The lowest BCUT2D eigenvalue weighted by atomic mass is 9.75. The van der Waals surface area contributed by atoms with E-state index in [-0.39, 0.29) is 11.3 Å². The summed E-state index contributed by atoms with van der Waals surface area (Å²) in [7, 11) is -2.98. The Bertz CT molecular complexity index is 318. The van der Waals surface area contributed by atoms with Crippen LogP contribution in [0.15, 0.2) is 0 Å². The minimum atomic E-state index is -2.98. The topological polar surface area (TPSA) is 46.2 Å². The maximum Gasteiger partial charge on any atom is 0.156 e. The number of hydrogen-bond acceptors (Lipinski definition) is 3. The molecule has 0 spiro atoms. The van der Waals surface area contributed by atoms with Crippen molar-refractivity contribution in [1.29, 1.82) is 0 Å². The lowest BCUT2D eigenvalue weighted by Crippen LogP contribution is -2.52. The monoisotopic (exact) mass is 247 g/mol. The molecular formula is C12H25NO2S. The van der Waals surface area contributed by atoms with E-state index in [1.807, 2.05) is 0 Å². The Morgan fingerprint density at radius 3 is 2.12 bits per heavy atom. The summed E-state index contributed by atoms with van der Waals surface area (Å²) in [6, 6.07) is 0. The summed E-state index contributed by atoms with van der Waals surface area (Å²) < 4.78 is 23.2. The molecule has 1 aliphatic carbocycles. The van der Waals surface area contributed by atoms with E-state index in [0.717, 1.165) is 6.42 Å². The predicted octanol–water partition coefficient (Wildman–Crippen LogP) is 2.12. The van der Waals surface area contributed by atoms with Crippen LogP contribution in [0.25, 0.3) is 0 Å². The van der Waals surface area contributed by atoms with Gasteiger partial charge in [0, 0.05) is 12.1 Å². The lowest BCUT2D eigenvalue weighted by Gasteiger charge is -2.42. The van der Waals surface area contributed by atoms with Crippen LogP contribution in [0.4, 0.5) is 0 Å². The van der Waals surface area contributed by atoms with Gasteiger partial charge in [-0.05, 0) is 46.5 Å². The molecule has 1 rings (SSSR count). The molecule has 0 atom stereocenters. The van der Waals surface area contributed by atoms with Gasteiger partial charge in [0.15, 0.2) is 9.84 Å². The Morgan fingerprint density at radius 2 is 1.81 bits per heavy atom. The van der Waals surface area contributed by atoms with E-state index in [1.54, 1.807) is 20.8 Å². The first-order chi connectivity index (χ1) is 7.22. The Kier molecular flexibility index (Phi) is 4.06. The summed E-state index contributed by atoms with van der Waals surface area (Å²) in [5, 5.41) is 3.43. The van der Waals surface area contributed by atoms with Crippen molar-refractivity contribution in [3.63, 3.8) is 0 Å². The number of hydrogen-bond donors (Lipinski definition) is 1. The van der Waals surface area contributed by atoms with Crippen LogP contribution < -0.4 is 5.32 Å². The van der Waals surface area contributed by atoms with Gasteiger partial charge >= 0.3 is 0 Å². The van der Waals surface area contributed by atoms with E-state index in [0.29, 0.717) is 6.54 Å². The van der Waals surface area contributed by atoms with Crippen LogP contribution in [0, 0.1) is 0 Å². The highest BCUT2D eigenvalue weighted by molar-refractivity contribution is 7.92. The maximum atomic E-state index is 11.9. The molecule has 4 heteroatoms. The number of rotatable bonds is 5. The van der Waals surface area contributed by atoms with Gasteiger partial charge < -0.3 is 5.32 Å². The van der Waals surface area contributed by atoms with E-state index >= 15 is 0 Å². The summed E-state index contributed by atoms with van der Waals surface area (Å²) >= 11 is 0. The van der Waals surface area contributed by atoms with E-state index in [9.17, 15) is 8.42 Å². The van der Waals surface area contributed by atoms with Gasteiger partial charge in [-0.2, -0.15) is 0 Å². The summed E-state index contributed by atoms with van der Waals surface area (Å²) in [5.41, 5.74) is 0.243. The molecule has 0 amide bonds. The zero-order valence-electron chi connectivity index (χ0n) is 11.0. The van der Waals surface area contributed by atoms with Gasteiger partial charge in [-0.1, -0.05) is 6.92 Å². The molecule has 0 heterocycles. The molecule has 1 saturated carbocycles. The van der Waals surface area contributed by atoms with Gasteiger partial charge in [0.1, 0.15) is 0 Å². The Hall–Kier alpha value is -0.0900. The third kappa shape index (κ3) is 2.98. The smallest absolute Gasteiger partial charge is 0.156 e. The first-order valence-electron chi connectivity index (χ1n) is 6.20. The summed E-state index contributed by atoms with van der Waals surface area (Å²) in [6.07, 6.45) is 4.76. The average Bonchev–Trinajstić information content (AvgIpc) is 2.07. The fourth-order valence-corrected chi connectivity index (χ4v) is 3.00. The highest BCUT2D eigenvalue weighted by Gasteiger charge is 2.35. The zero-order chi connectivity index (χ0) is 12.4. The fraction of sp³-hybridized carbons (Fsp3) is 1.00. The van der Waals surface area contributed by atoms with E-state index in [4.69, 9.17) is 0 Å². The first-order valence-corrected chi connectivity index (χ1v) is 7.85. The molecule has 0 aromatic carbocycles. The van der Waals surface area contributed by atoms with Crippen LogP contribution in [-0.4, -0.2) is 31.0 Å². The van der Waals surface area contributed by atoms with Crippen LogP contribution in [0.3, 0.4) is 0 Å². The summed E-state index contributed by atoms with van der Waals surface area (Å²) in [6.45, 7) is 8.06. The highest BCUT2D eigenvalue weighted by atomic mass is 32.2. The standard InChI is InChI=1S/C12H25NO2S/c1-5-12(7-6-8-12)13-9-10-16(14,15)11(2,3)4/h13H,5-10H2,1-4H3. The molecule has 0 radical (unpaired) electrons. The summed E-state index contributed by atoms with van der Waals surface area (Å²) in [5.74, 6) is 0.248. The Morgan fingerprint density at radius 1 is 1.25 bits per heavy atom. The van der Waals surface area contributed by atoms with Crippen LogP contribution >= 0.6 is 0 Å². The molecule has 3 nitrogen and oxygen atoms in total. The quantitative estimate of drug-likeness (QED) is 0.809. The number of nitrogens with one attached hydrogen (secondary N) is 1. The Balaban J connectivity index is 2.41. The van der Waals surface area contributed by atoms with Gasteiger partial charge in [0.05, 0.1) is 10.5 Å². The molecule has 0 aromatic rings. The second kappa shape index (κ2) is 4.65. The molecule has 16 heavy (non-hydrogen) atoms. The lowest BCUT2D eigenvalue weighted by molar-refractivity contribution is 0.182. The second-order valence-corrected chi connectivity index (χ2v) is 8.71. The molecular weight excluding hydrogens is 222 g/mol. The SMILES string of the molecule is CCC1(NCCS(=O)(=O)C(C)(C)C)CCC1. The molecule has 0 unspecified atom stereocenters. The Labute approximate surface area is 99.9 Å². The van der Waals surface area contributed by atoms with E-state index in [1.165, 1.54) is 19.3 Å². The van der Waals surface area contributed by atoms with E-state index in [2.05, 4.69) is 12.2 Å². The van der Waals surface area contributed by atoms with Crippen LogP contribution in [-0.2, 0) is 9.84 Å². The van der Waals surface area contributed by atoms with Gasteiger partial charge in [0.25, 0.3) is 0 Å². The van der Waals surface area contributed by atoms with Gasteiger partial charge in [-0.15, -0.1) is 0 Å². The second-order valence-electron chi connectivity index (χ2n) is 5.85. The molecule has 0 aliphatic heterocycles. The minimum absolute atomic E-state index is 0.243.